The number of carbonyl (C=O) groups excluding carboxylic acids is 2. The molecule has 0 bridgehead atoms. The third-order valence-electron chi connectivity index (χ3n) is 6.11. The molecule has 0 atom stereocenters. The van der Waals surface area contributed by atoms with Crippen molar-refractivity contribution in [2.45, 2.75) is 65.4 Å². The lowest BCUT2D eigenvalue weighted by atomic mass is 9.78. The van der Waals surface area contributed by atoms with Gasteiger partial charge in [0.2, 0.25) is 0 Å². The van der Waals surface area contributed by atoms with E-state index in [9.17, 15) is 9.59 Å². The summed E-state index contributed by atoms with van der Waals surface area (Å²) in [5, 5.41) is 8.74. The Morgan fingerprint density at radius 3 is 2.16 bits per heavy atom. The summed E-state index contributed by atoms with van der Waals surface area (Å²) in [6, 6.07) is 23.4. The molecule has 194 valence electrons. The number of aryl methyl sites for hydroxylation is 1. The predicted molar refractivity (Wildman–Crippen MR) is 148 cm³/mol. The van der Waals surface area contributed by atoms with Crippen molar-refractivity contribution in [1.82, 2.24) is 0 Å². The van der Waals surface area contributed by atoms with E-state index in [1.165, 1.54) is 0 Å². The molecule has 0 fully saturated rings. The van der Waals surface area contributed by atoms with Gasteiger partial charge in [0.15, 0.2) is 0 Å². The van der Waals surface area contributed by atoms with Gasteiger partial charge in [0, 0.05) is 12.0 Å². The van der Waals surface area contributed by atoms with E-state index < -0.39 is 11.0 Å². The van der Waals surface area contributed by atoms with Crippen LogP contribution in [0.1, 0.15) is 70.2 Å². The van der Waals surface area contributed by atoms with E-state index in [-0.39, 0.29) is 18.4 Å². The van der Waals surface area contributed by atoms with Crippen molar-refractivity contribution in [3.8, 4) is 11.1 Å². The van der Waals surface area contributed by atoms with Crippen LogP contribution in [0.4, 0.5) is 0 Å². The fourth-order valence-corrected chi connectivity index (χ4v) is 4.14. The van der Waals surface area contributed by atoms with Gasteiger partial charge in [-0.25, -0.2) is 0 Å². The Labute approximate surface area is 220 Å². The van der Waals surface area contributed by atoms with Crippen LogP contribution in [0.2, 0.25) is 0 Å². The van der Waals surface area contributed by atoms with Gasteiger partial charge in [0.25, 0.3) is 0 Å². The summed E-state index contributed by atoms with van der Waals surface area (Å²) >= 11 is 0. The molecule has 0 aliphatic carbocycles. The molecule has 3 aromatic carbocycles. The number of ether oxygens (including phenoxy) is 2. The van der Waals surface area contributed by atoms with Crippen LogP contribution < -0.4 is 0 Å². The fraction of sp³-hybridized carbons (Fsp3) is 0.344. The van der Waals surface area contributed by atoms with E-state index in [1.54, 1.807) is 6.92 Å². The minimum atomic E-state index is -0.925. The van der Waals surface area contributed by atoms with Gasteiger partial charge in [0.05, 0.1) is 17.7 Å². The number of carbonyl (C=O) groups is 2. The first kappa shape index (κ1) is 27.9. The van der Waals surface area contributed by atoms with Crippen LogP contribution in [-0.4, -0.2) is 29.9 Å². The summed E-state index contributed by atoms with van der Waals surface area (Å²) in [5.41, 5.74) is 4.06. The van der Waals surface area contributed by atoms with Crippen molar-refractivity contribution >= 4 is 17.7 Å². The number of hydrogen-bond acceptors (Lipinski definition) is 5. The monoisotopic (exact) mass is 499 g/mol. The molecule has 1 N–H and O–H groups in total. The van der Waals surface area contributed by atoms with Crippen LogP contribution in [-0.2, 0) is 30.9 Å². The van der Waals surface area contributed by atoms with Gasteiger partial charge >= 0.3 is 11.9 Å². The van der Waals surface area contributed by atoms with Crippen LogP contribution in [0.25, 0.3) is 11.1 Å². The maximum atomic E-state index is 13.3. The minimum Gasteiger partial charge on any atom is -0.466 e. The van der Waals surface area contributed by atoms with Gasteiger partial charge in [0.1, 0.15) is 5.60 Å². The molecule has 0 saturated carbocycles. The highest BCUT2D eigenvalue weighted by Crippen LogP contribution is 2.36. The van der Waals surface area contributed by atoms with Crippen molar-refractivity contribution in [3.05, 3.63) is 95.1 Å². The van der Waals surface area contributed by atoms with E-state index in [0.717, 1.165) is 33.4 Å². The molecule has 0 amide bonds. The first-order chi connectivity index (χ1) is 17.4. The van der Waals surface area contributed by atoms with Gasteiger partial charge in [-0.2, -0.15) is 0 Å². The first-order valence-electron chi connectivity index (χ1n) is 12.7. The highest BCUT2D eigenvalue weighted by atomic mass is 16.6. The SMILES string of the molecule is CCOC(=O)CCc1ccc(C(C)(C)C(=O)OC(C)(C)C)c(-c2cccc(C(=N)c3ccccc3)c2)c1. The molecule has 5 heteroatoms. The van der Waals surface area contributed by atoms with Gasteiger partial charge in [-0.3, -0.25) is 15.0 Å². The zero-order valence-corrected chi connectivity index (χ0v) is 22.7. The van der Waals surface area contributed by atoms with Crippen LogP contribution >= 0.6 is 0 Å². The zero-order valence-electron chi connectivity index (χ0n) is 22.7. The van der Waals surface area contributed by atoms with Crippen molar-refractivity contribution in [2.75, 3.05) is 6.61 Å². The van der Waals surface area contributed by atoms with Crippen molar-refractivity contribution in [2.24, 2.45) is 0 Å². The largest absolute Gasteiger partial charge is 0.466 e. The number of benzene rings is 3. The Morgan fingerprint density at radius 1 is 0.838 bits per heavy atom. The van der Waals surface area contributed by atoms with E-state index >= 15 is 0 Å². The van der Waals surface area contributed by atoms with Crippen molar-refractivity contribution < 1.29 is 19.1 Å². The summed E-state index contributed by atoms with van der Waals surface area (Å²) in [6.07, 6.45) is 0.805. The average molecular weight is 500 g/mol. The van der Waals surface area contributed by atoms with Gasteiger partial charge in [-0.1, -0.05) is 66.7 Å². The third-order valence-corrected chi connectivity index (χ3v) is 6.11. The Balaban J connectivity index is 2.08. The van der Waals surface area contributed by atoms with Gasteiger partial charge in [-0.15, -0.1) is 0 Å². The first-order valence-corrected chi connectivity index (χ1v) is 12.7. The van der Waals surface area contributed by atoms with E-state index in [1.807, 2.05) is 107 Å². The Kier molecular flexibility index (Phi) is 8.69. The molecule has 0 aliphatic heterocycles. The van der Waals surface area contributed by atoms with Crippen molar-refractivity contribution in [1.29, 1.82) is 5.41 Å². The molecule has 0 heterocycles. The van der Waals surface area contributed by atoms with Gasteiger partial charge < -0.3 is 9.47 Å². The van der Waals surface area contributed by atoms with Crippen LogP contribution in [0.15, 0.2) is 72.8 Å². The topological polar surface area (TPSA) is 76.5 Å². The van der Waals surface area contributed by atoms with E-state index in [2.05, 4.69) is 0 Å². The molecular formula is C32H37NO4. The quantitative estimate of drug-likeness (QED) is 0.257. The minimum absolute atomic E-state index is 0.236. The highest BCUT2D eigenvalue weighted by molar-refractivity contribution is 6.11. The maximum absolute atomic E-state index is 13.3. The number of esters is 2. The van der Waals surface area contributed by atoms with Crippen LogP contribution in [0.3, 0.4) is 0 Å². The average Bonchev–Trinajstić information content (AvgIpc) is 2.86. The summed E-state index contributed by atoms with van der Waals surface area (Å²) in [7, 11) is 0. The molecule has 37 heavy (non-hydrogen) atoms. The lowest BCUT2D eigenvalue weighted by molar-refractivity contribution is -0.160. The zero-order chi connectivity index (χ0) is 27.2. The second kappa shape index (κ2) is 11.5. The molecule has 5 nitrogen and oxygen atoms in total. The Hall–Kier alpha value is -3.73. The molecule has 0 aromatic heterocycles. The predicted octanol–water partition coefficient (Wildman–Crippen LogP) is 6.88. The highest BCUT2D eigenvalue weighted by Gasteiger charge is 2.36. The summed E-state index contributed by atoms with van der Waals surface area (Å²) in [4.78, 5) is 25.2. The van der Waals surface area contributed by atoms with Crippen molar-refractivity contribution in [3.63, 3.8) is 0 Å². The van der Waals surface area contributed by atoms with Gasteiger partial charge in [-0.05, 0) is 81.8 Å². The normalized spacial score (nSPS) is 11.6. The van der Waals surface area contributed by atoms with Crippen LogP contribution in [0, 0.1) is 5.41 Å². The molecule has 0 spiro atoms. The molecule has 0 saturated heterocycles. The Morgan fingerprint density at radius 2 is 1.51 bits per heavy atom. The second-order valence-electron chi connectivity index (χ2n) is 10.6. The summed E-state index contributed by atoms with van der Waals surface area (Å²) in [6.45, 7) is 11.5. The summed E-state index contributed by atoms with van der Waals surface area (Å²) < 4.78 is 10.9. The number of nitrogens with one attached hydrogen (secondary N) is 1. The van der Waals surface area contributed by atoms with E-state index in [4.69, 9.17) is 14.9 Å². The smallest absolute Gasteiger partial charge is 0.316 e. The lowest BCUT2D eigenvalue weighted by Gasteiger charge is -2.30. The Bertz CT molecular complexity index is 1270. The molecule has 0 radical (unpaired) electrons. The standard InChI is InChI=1S/C32H37NO4/c1-7-36-28(34)19-17-22-16-18-27(32(5,6)30(35)37-31(2,3)4)26(20-22)24-14-11-15-25(21-24)29(33)23-12-9-8-10-13-23/h8-16,18,20-21,33H,7,17,19H2,1-6H3. The second-order valence-corrected chi connectivity index (χ2v) is 10.6. The maximum Gasteiger partial charge on any atom is 0.316 e. The van der Waals surface area contributed by atoms with Crippen LogP contribution in [0.5, 0.6) is 0 Å². The number of rotatable bonds is 9. The molecule has 3 aromatic rings. The molecule has 3 rings (SSSR count). The lowest BCUT2D eigenvalue weighted by Crippen LogP contribution is -2.37. The fourth-order valence-electron chi connectivity index (χ4n) is 4.14. The number of hydrogen-bond donors (Lipinski definition) is 1. The molecule has 0 unspecified atom stereocenters. The molecule has 0 aliphatic rings. The third kappa shape index (κ3) is 7.16. The molecular weight excluding hydrogens is 462 g/mol. The summed E-state index contributed by atoms with van der Waals surface area (Å²) in [5.74, 6) is -0.547. The van der Waals surface area contributed by atoms with E-state index in [0.29, 0.717) is 18.7 Å².